The molecule has 1 aromatic rings. The van der Waals surface area contributed by atoms with Gasteiger partial charge in [0.2, 0.25) is 5.91 Å². The molecule has 0 aliphatic carbocycles. The SMILES string of the molecule is COc1ccc(NC(=O)CC(C)(C)N)c(C(F)(F)F)c1. The van der Waals surface area contributed by atoms with Gasteiger partial charge in [-0.3, -0.25) is 4.79 Å². The number of alkyl halides is 3. The maximum atomic E-state index is 12.9. The van der Waals surface area contributed by atoms with Gasteiger partial charge >= 0.3 is 6.18 Å². The van der Waals surface area contributed by atoms with Crippen molar-refractivity contribution in [2.75, 3.05) is 12.4 Å². The van der Waals surface area contributed by atoms with E-state index in [0.29, 0.717) is 0 Å². The second-order valence-corrected chi connectivity index (χ2v) is 5.12. The van der Waals surface area contributed by atoms with Crippen molar-refractivity contribution in [3.63, 3.8) is 0 Å². The molecule has 7 heteroatoms. The minimum atomic E-state index is -4.59. The van der Waals surface area contributed by atoms with Crippen LogP contribution in [-0.4, -0.2) is 18.6 Å². The van der Waals surface area contributed by atoms with E-state index in [4.69, 9.17) is 10.5 Å². The molecule has 3 N–H and O–H groups in total. The number of nitrogens with one attached hydrogen (secondary N) is 1. The van der Waals surface area contributed by atoms with Crippen LogP contribution in [0, 0.1) is 0 Å². The Bertz CT molecular complexity index is 493. The van der Waals surface area contributed by atoms with Crippen molar-refractivity contribution >= 4 is 11.6 Å². The van der Waals surface area contributed by atoms with E-state index in [0.717, 1.165) is 12.1 Å². The van der Waals surface area contributed by atoms with Gasteiger partial charge < -0.3 is 15.8 Å². The molecule has 0 atom stereocenters. The minimum absolute atomic E-state index is 0.0643. The molecule has 4 nitrogen and oxygen atoms in total. The van der Waals surface area contributed by atoms with Gasteiger partial charge in [0.15, 0.2) is 0 Å². The molecule has 0 fully saturated rings. The van der Waals surface area contributed by atoms with E-state index in [1.165, 1.54) is 13.2 Å². The summed E-state index contributed by atoms with van der Waals surface area (Å²) in [5.74, 6) is -0.511. The first-order valence-corrected chi connectivity index (χ1v) is 5.87. The van der Waals surface area contributed by atoms with E-state index < -0.39 is 23.2 Å². The highest BCUT2D eigenvalue weighted by atomic mass is 19.4. The fourth-order valence-corrected chi connectivity index (χ4v) is 1.60. The summed E-state index contributed by atoms with van der Waals surface area (Å²) in [6.45, 7) is 3.23. The van der Waals surface area contributed by atoms with Crippen LogP contribution in [0.4, 0.5) is 18.9 Å². The summed E-state index contributed by atoms with van der Waals surface area (Å²) >= 11 is 0. The third-order valence-corrected chi connectivity index (χ3v) is 2.42. The van der Waals surface area contributed by atoms with Gasteiger partial charge in [0.05, 0.1) is 18.4 Å². The normalized spacial score (nSPS) is 12.2. The van der Waals surface area contributed by atoms with Gasteiger partial charge in [-0.15, -0.1) is 0 Å². The lowest BCUT2D eigenvalue weighted by Gasteiger charge is -2.19. The van der Waals surface area contributed by atoms with Gasteiger partial charge in [-0.05, 0) is 32.0 Å². The molecule has 1 aromatic carbocycles. The lowest BCUT2D eigenvalue weighted by molar-refractivity contribution is -0.137. The maximum Gasteiger partial charge on any atom is 0.418 e. The number of benzene rings is 1. The zero-order chi connectivity index (χ0) is 15.6. The molecule has 20 heavy (non-hydrogen) atoms. The van der Waals surface area contributed by atoms with Gasteiger partial charge in [-0.25, -0.2) is 0 Å². The van der Waals surface area contributed by atoms with Crippen LogP contribution in [0.5, 0.6) is 5.75 Å². The van der Waals surface area contributed by atoms with Crippen molar-refractivity contribution in [3.8, 4) is 5.75 Å². The van der Waals surface area contributed by atoms with E-state index in [-0.39, 0.29) is 17.9 Å². The Morgan fingerprint density at radius 2 is 1.95 bits per heavy atom. The molecule has 0 saturated carbocycles. The molecule has 1 rings (SSSR count). The van der Waals surface area contributed by atoms with Crippen molar-refractivity contribution in [3.05, 3.63) is 23.8 Å². The number of rotatable bonds is 4. The number of anilines is 1. The topological polar surface area (TPSA) is 64.3 Å². The van der Waals surface area contributed by atoms with Crippen LogP contribution in [0.2, 0.25) is 0 Å². The Morgan fingerprint density at radius 1 is 1.35 bits per heavy atom. The largest absolute Gasteiger partial charge is 0.497 e. The summed E-state index contributed by atoms with van der Waals surface area (Å²) in [5, 5.41) is 2.23. The Kier molecular flexibility index (Phi) is 4.65. The van der Waals surface area contributed by atoms with Crippen LogP contribution in [-0.2, 0) is 11.0 Å². The minimum Gasteiger partial charge on any atom is -0.497 e. The van der Waals surface area contributed by atoms with Crippen LogP contribution < -0.4 is 15.8 Å². The highest BCUT2D eigenvalue weighted by Gasteiger charge is 2.34. The van der Waals surface area contributed by atoms with Crippen molar-refractivity contribution in [2.24, 2.45) is 5.73 Å². The fraction of sp³-hybridized carbons (Fsp3) is 0.462. The number of hydrogen-bond donors (Lipinski definition) is 2. The highest BCUT2D eigenvalue weighted by molar-refractivity contribution is 5.92. The van der Waals surface area contributed by atoms with Gasteiger partial charge in [-0.2, -0.15) is 13.2 Å². The number of hydrogen-bond acceptors (Lipinski definition) is 3. The molecule has 0 unspecified atom stereocenters. The Balaban J connectivity index is 3.03. The number of halogens is 3. The van der Waals surface area contributed by atoms with E-state index >= 15 is 0 Å². The van der Waals surface area contributed by atoms with E-state index in [2.05, 4.69) is 5.32 Å². The molecule has 0 bridgehead atoms. The van der Waals surface area contributed by atoms with Crippen molar-refractivity contribution < 1.29 is 22.7 Å². The first-order valence-electron chi connectivity index (χ1n) is 5.87. The van der Waals surface area contributed by atoms with Crippen LogP contribution in [0.15, 0.2) is 18.2 Å². The molecular formula is C13H17F3N2O2. The van der Waals surface area contributed by atoms with Crippen LogP contribution in [0.3, 0.4) is 0 Å². The molecule has 0 aliphatic heterocycles. The molecule has 0 aliphatic rings. The molecule has 0 heterocycles. The van der Waals surface area contributed by atoms with E-state index in [1.54, 1.807) is 13.8 Å². The molecule has 0 saturated heterocycles. The number of methoxy groups -OCH3 is 1. The smallest absolute Gasteiger partial charge is 0.418 e. The molecular weight excluding hydrogens is 273 g/mol. The summed E-state index contributed by atoms with van der Waals surface area (Å²) in [6.07, 6.45) is -4.67. The number of amides is 1. The zero-order valence-corrected chi connectivity index (χ0v) is 11.5. The van der Waals surface area contributed by atoms with Crippen LogP contribution in [0.25, 0.3) is 0 Å². The maximum absolute atomic E-state index is 12.9. The lowest BCUT2D eigenvalue weighted by atomic mass is 10.0. The lowest BCUT2D eigenvalue weighted by Crippen LogP contribution is -2.36. The fourth-order valence-electron chi connectivity index (χ4n) is 1.60. The molecule has 1 amide bonds. The zero-order valence-electron chi connectivity index (χ0n) is 11.5. The predicted molar refractivity (Wildman–Crippen MR) is 69.5 cm³/mol. The summed E-state index contributed by atoms with van der Waals surface area (Å²) in [4.78, 5) is 11.7. The molecule has 112 valence electrons. The third kappa shape index (κ3) is 4.73. The summed E-state index contributed by atoms with van der Waals surface area (Å²) in [7, 11) is 1.27. The Labute approximate surface area is 115 Å². The number of carbonyl (C=O) groups is 1. The molecule has 0 spiro atoms. The number of nitrogens with two attached hydrogens (primary N) is 1. The standard InChI is InChI=1S/C13H17F3N2O2/c1-12(2,17)7-11(19)18-10-5-4-8(20-3)6-9(10)13(14,15)16/h4-6H,7,17H2,1-3H3,(H,18,19). The average Bonchev–Trinajstić information content (AvgIpc) is 2.25. The third-order valence-electron chi connectivity index (χ3n) is 2.42. The second kappa shape index (κ2) is 5.70. The summed E-state index contributed by atoms with van der Waals surface area (Å²) in [5.41, 5.74) is 3.59. The van der Waals surface area contributed by atoms with Crippen LogP contribution >= 0.6 is 0 Å². The summed E-state index contributed by atoms with van der Waals surface area (Å²) in [6, 6.07) is 3.34. The van der Waals surface area contributed by atoms with E-state index in [9.17, 15) is 18.0 Å². The Hall–Kier alpha value is -1.76. The van der Waals surface area contributed by atoms with Gasteiger partial charge in [-0.1, -0.05) is 0 Å². The predicted octanol–water partition coefficient (Wildman–Crippen LogP) is 2.78. The van der Waals surface area contributed by atoms with Gasteiger partial charge in [0.1, 0.15) is 5.75 Å². The van der Waals surface area contributed by atoms with Crippen molar-refractivity contribution in [2.45, 2.75) is 32.0 Å². The van der Waals surface area contributed by atoms with Crippen molar-refractivity contribution in [1.82, 2.24) is 0 Å². The molecule has 0 aromatic heterocycles. The quantitative estimate of drug-likeness (QED) is 0.896. The number of carbonyl (C=O) groups excluding carboxylic acids is 1. The van der Waals surface area contributed by atoms with E-state index in [1.807, 2.05) is 0 Å². The summed E-state index contributed by atoms with van der Waals surface area (Å²) < 4.78 is 43.5. The first-order chi connectivity index (χ1) is 9.03. The molecule has 0 radical (unpaired) electrons. The van der Waals surface area contributed by atoms with Gasteiger partial charge in [0.25, 0.3) is 0 Å². The van der Waals surface area contributed by atoms with Crippen molar-refractivity contribution in [1.29, 1.82) is 0 Å². The van der Waals surface area contributed by atoms with Crippen LogP contribution in [0.1, 0.15) is 25.8 Å². The number of ether oxygens (including phenoxy) is 1. The average molecular weight is 290 g/mol. The van der Waals surface area contributed by atoms with Gasteiger partial charge in [0, 0.05) is 12.0 Å². The second-order valence-electron chi connectivity index (χ2n) is 5.12. The Morgan fingerprint density at radius 3 is 2.40 bits per heavy atom. The monoisotopic (exact) mass is 290 g/mol. The first kappa shape index (κ1) is 16.3. The highest BCUT2D eigenvalue weighted by Crippen LogP contribution is 2.37.